The number of hydrogen-bond donors (Lipinski definition) is 0. The maximum absolute atomic E-state index is 11.6. The lowest BCUT2D eigenvalue weighted by Gasteiger charge is -2.40. The Hall–Kier alpha value is -0.710. The summed E-state index contributed by atoms with van der Waals surface area (Å²) in [6, 6.07) is 0. The molecule has 1 unspecified atom stereocenters. The van der Waals surface area contributed by atoms with E-state index in [1.54, 1.807) is 0 Å². The Morgan fingerprint density at radius 3 is 2.07 bits per heavy atom. The van der Waals surface area contributed by atoms with Crippen LogP contribution >= 0.6 is 17.1 Å². The third-order valence-electron chi connectivity index (χ3n) is 3.38. The summed E-state index contributed by atoms with van der Waals surface area (Å²) in [4.78, 5) is 34.3. The minimum atomic E-state index is -2.69. The summed E-state index contributed by atoms with van der Waals surface area (Å²) in [6.45, 7) is 7.94. The van der Waals surface area contributed by atoms with Gasteiger partial charge in [0.05, 0.1) is 13.2 Å². The fraction of sp³-hybridized carbons (Fsp3) is 0.812. The molecule has 9 nitrogen and oxygen atoms in total. The lowest BCUT2D eigenvalue weighted by molar-refractivity contribution is -0.204. The Balaban J connectivity index is 3.06. The Labute approximate surface area is 174 Å². The molecule has 1 aliphatic rings. The molecular formula is C16H27O9PS2. The zero-order valence-electron chi connectivity index (χ0n) is 16.6. The Kier molecular flexibility index (Phi) is 10.9. The lowest BCUT2D eigenvalue weighted by Crippen LogP contribution is -2.53. The van der Waals surface area contributed by atoms with E-state index in [2.05, 4.69) is 0 Å². The third kappa shape index (κ3) is 8.75. The highest BCUT2D eigenvalue weighted by molar-refractivity contribution is 8.68. The highest BCUT2D eigenvalue weighted by Gasteiger charge is 2.45. The van der Waals surface area contributed by atoms with Crippen LogP contribution < -0.4 is 0 Å². The number of ether oxygens (including phenoxy) is 4. The molecule has 0 bridgehead atoms. The van der Waals surface area contributed by atoms with Crippen LogP contribution in [0.2, 0.25) is 0 Å². The van der Waals surface area contributed by atoms with Gasteiger partial charge in [-0.2, -0.15) is 0 Å². The summed E-state index contributed by atoms with van der Waals surface area (Å²) in [5.41, 5.74) is -3.26. The summed E-state index contributed by atoms with van der Waals surface area (Å²) in [5, 5.41) is 0. The molecule has 4 atom stereocenters. The molecule has 162 valence electrons. The van der Waals surface area contributed by atoms with Gasteiger partial charge in [0, 0.05) is 27.2 Å². The molecular weight excluding hydrogens is 431 g/mol. The molecule has 0 aromatic rings. The number of hydrogen-bond acceptors (Lipinski definition) is 11. The van der Waals surface area contributed by atoms with Crippen molar-refractivity contribution in [2.24, 2.45) is 0 Å². The van der Waals surface area contributed by atoms with Gasteiger partial charge in [-0.05, 0) is 37.0 Å². The van der Waals surface area contributed by atoms with E-state index in [0.29, 0.717) is 13.2 Å². The summed E-state index contributed by atoms with van der Waals surface area (Å²) >= 11 is 6.72. The van der Waals surface area contributed by atoms with Crippen LogP contribution in [0.4, 0.5) is 0 Å². The quantitative estimate of drug-likeness (QED) is 0.274. The van der Waals surface area contributed by atoms with Gasteiger partial charge in [-0.1, -0.05) is 0 Å². The Morgan fingerprint density at radius 1 is 1.04 bits per heavy atom. The lowest BCUT2D eigenvalue weighted by atomic mass is 10.0. The van der Waals surface area contributed by atoms with Crippen LogP contribution in [0.25, 0.3) is 0 Å². The first-order chi connectivity index (χ1) is 13.1. The highest BCUT2D eigenvalue weighted by atomic mass is 32.9. The molecule has 1 rings (SSSR count). The second-order valence-corrected chi connectivity index (χ2v) is 12.1. The van der Waals surface area contributed by atoms with Crippen molar-refractivity contribution >= 4 is 46.8 Å². The summed E-state index contributed by atoms with van der Waals surface area (Å²) < 4.78 is 32.9. The molecule has 1 saturated heterocycles. The van der Waals surface area contributed by atoms with Gasteiger partial charge in [-0.3, -0.25) is 14.4 Å². The molecule has 28 heavy (non-hydrogen) atoms. The molecule has 1 heterocycles. The van der Waals surface area contributed by atoms with Gasteiger partial charge in [0.1, 0.15) is 24.3 Å². The van der Waals surface area contributed by atoms with Crippen LogP contribution in [-0.2, 0) is 54.2 Å². The standard InChI is InChI=1S/C16H27O9PS2/c1-6-21-26(27,22-7-2)28-15-8-13(23-11(4)18)16(24-12(5)19)14(25-15)9-20-10(3)17/h13-16H,6-9H2,1-5H3/t13-,14-,15?,16-/m1/s1. The molecule has 1 fully saturated rings. The topological polar surface area (TPSA) is 107 Å². The molecule has 0 spiro atoms. The third-order valence-corrected chi connectivity index (χ3v) is 8.84. The van der Waals surface area contributed by atoms with Gasteiger partial charge < -0.3 is 28.0 Å². The van der Waals surface area contributed by atoms with Crippen molar-refractivity contribution in [3.63, 3.8) is 0 Å². The first-order valence-corrected chi connectivity index (χ1v) is 12.9. The van der Waals surface area contributed by atoms with Crippen molar-refractivity contribution in [3.05, 3.63) is 0 Å². The molecule has 0 aromatic carbocycles. The van der Waals surface area contributed by atoms with Crippen LogP contribution in [0.5, 0.6) is 0 Å². The predicted octanol–water partition coefficient (Wildman–Crippen LogP) is 2.56. The minimum Gasteiger partial charge on any atom is -0.463 e. The van der Waals surface area contributed by atoms with Gasteiger partial charge in [0.25, 0.3) is 0 Å². The number of esters is 3. The first kappa shape index (κ1) is 25.3. The van der Waals surface area contributed by atoms with E-state index >= 15 is 0 Å². The SMILES string of the molecule is CCOP(=S)(OCC)SC1C[C@@H](OC(C)=O)[C@@H](OC(C)=O)[C@@H](COC(C)=O)O1. The average Bonchev–Trinajstić information content (AvgIpc) is 2.54. The molecule has 0 amide bonds. The zero-order chi connectivity index (χ0) is 21.3. The maximum Gasteiger partial charge on any atom is 0.303 e. The van der Waals surface area contributed by atoms with E-state index in [-0.39, 0.29) is 13.0 Å². The van der Waals surface area contributed by atoms with Crippen LogP contribution in [0.15, 0.2) is 0 Å². The van der Waals surface area contributed by atoms with E-state index in [9.17, 15) is 14.4 Å². The highest BCUT2D eigenvalue weighted by Crippen LogP contribution is 2.63. The van der Waals surface area contributed by atoms with Crippen LogP contribution in [-0.4, -0.2) is 61.5 Å². The van der Waals surface area contributed by atoms with E-state index < -0.39 is 47.3 Å². The van der Waals surface area contributed by atoms with Crippen molar-refractivity contribution in [2.75, 3.05) is 19.8 Å². The van der Waals surface area contributed by atoms with Crippen molar-refractivity contribution in [3.8, 4) is 0 Å². The van der Waals surface area contributed by atoms with E-state index in [4.69, 9.17) is 39.8 Å². The predicted molar refractivity (Wildman–Crippen MR) is 106 cm³/mol. The first-order valence-electron chi connectivity index (χ1n) is 8.81. The number of rotatable bonds is 10. The summed E-state index contributed by atoms with van der Waals surface area (Å²) in [6.07, 6.45) is -2.35. The largest absolute Gasteiger partial charge is 0.463 e. The van der Waals surface area contributed by atoms with E-state index in [1.165, 1.54) is 32.2 Å². The van der Waals surface area contributed by atoms with Crippen LogP contribution in [0, 0.1) is 0 Å². The van der Waals surface area contributed by atoms with Crippen LogP contribution in [0.3, 0.4) is 0 Å². The van der Waals surface area contributed by atoms with Crippen molar-refractivity contribution in [1.29, 1.82) is 0 Å². The summed E-state index contributed by atoms with van der Waals surface area (Å²) in [5.74, 6) is -1.62. The monoisotopic (exact) mass is 458 g/mol. The van der Waals surface area contributed by atoms with E-state index in [0.717, 1.165) is 0 Å². The smallest absolute Gasteiger partial charge is 0.303 e. The van der Waals surface area contributed by atoms with Crippen molar-refractivity contribution in [2.45, 2.75) is 64.8 Å². The normalized spacial score (nSPS) is 25.0. The van der Waals surface area contributed by atoms with Gasteiger partial charge in [0.2, 0.25) is 5.69 Å². The zero-order valence-corrected chi connectivity index (χ0v) is 19.1. The van der Waals surface area contributed by atoms with E-state index in [1.807, 2.05) is 13.8 Å². The molecule has 0 aromatic heterocycles. The fourth-order valence-corrected chi connectivity index (χ4v) is 7.87. The molecule has 0 N–H and O–H groups in total. The van der Waals surface area contributed by atoms with Gasteiger partial charge in [-0.15, -0.1) is 0 Å². The van der Waals surface area contributed by atoms with Gasteiger partial charge in [-0.25, -0.2) is 0 Å². The van der Waals surface area contributed by atoms with Crippen molar-refractivity contribution in [1.82, 2.24) is 0 Å². The second kappa shape index (κ2) is 12.1. The minimum absolute atomic E-state index is 0.172. The summed E-state index contributed by atoms with van der Waals surface area (Å²) in [7, 11) is 0. The second-order valence-electron chi connectivity index (χ2n) is 5.75. The van der Waals surface area contributed by atoms with Gasteiger partial charge in [0.15, 0.2) is 6.10 Å². The van der Waals surface area contributed by atoms with Crippen molar-refractivity contribution < 1.29 is 42.4 Å². The molecule has 0 aliphatic carbocycles. The van der Waals surface area contributed by atoms with Gasteiger partial charge >= 0.3 is 17.9 Å². The number of carbonyl (C=O) groups excluding carboxylic acids is 3. The average molecular weight is 458 g/mol. The Morgan fingerprint density at radius 2 is 1.61 bits per heavy atom. The maximum atomic E-state index is 11.6. The number of carbonyl (C=O) groups is 3. The molecule has 1 aliphatic heterocycles. The molecule has 12 heteroatoms. The Bertz CT molecular complexity index is 591. The molecule has 0 saturated carbocycles. The van der Waals surface area contributed by atoms with Crippen LogP contribution in [0.1, 0.15) is 41.0 Å². The fourth-order valence-electron chi connectivity index (χ4n) is 2.52. The molecule has 0 radical (unpaired) electrons.